The van der Waals surface area contributed by atoms with Crippen molar-refractivity contribution in [1.82, 2.24) is 4.90 Å². The number of likely N-dealkylation sites (tertiary alicyclic amines) is 1. The van der Waals surface area contributed by atoms with Crippen LogP contribution in [0.25, 0.3) is 0 Å². The Bertz CT molecular complexity index is 430. The van der Waals surface area contributed by atoms with E-state index in [0.29, 0.717) is 6.54 Å². The maximum absolute atomic E-state index is 6.39. The molecule has 0 aromatic heterocycles. The van der Waals surface area contributed by atoms with E-state index >= 15 is 0 Å². The molecule has 0 radical (unpaired) electrons. The van der Waals surface area contributed by atoms with Gasteiger partial charge in [0.05, 0.1) is 0 Å². The lowest BCUT2D eigenvalue weighted by Crippen LogP contribution is -2.40. The fourth-order valence-electron chi connectivity index (χ4n) is 3.21. The predicted molar refractivity (Wildman–Crippen MR) is 90.2 cm³/mol. The van der Waals surface area contributed by atoms with E-state index in [4.69, 9.17) is 17.3 Å². The van der Waals surface area contributed by atoms with Crippen LogP contribution in [0, 0.1) is 5.92 Å². The first-order chi connectivity index (χ1) is 9.65. The first-order valence-electron chi connectivity index (χ1n) is 7.54. The van der Waals surface area contributed by atoms with Gasteiger partial charge in [-0.05, 0) is 49.5 Å². The normalized spacial score (nSPS) is 19.2. The molecule has 1 atom stereocenters. The largest absolute Gasteiger partial charge is 0.329 e. The van der Waals surface area contributed by atoms with Crippen LogP contribution >= 0.6 is 27.5 Å². The zero-order valence-electron chi connectivity index (χ0n) is 12.1. The number of rotatable bonds is 5. The molecule has 1 aliphatic rings. The number of benzene rings is 1. The summed E-state index contributed by atoms with van der Waals surface area (Å²) < 4.78 is 1.02. The monoisotopic (exact) mass is 358 g/mol. The van der Waals surface area contributed by atoms with Crippen LogP contribution in [0.3, 0.4) is 0 Å². The number of halogens is 2. The molecule has 4 heteroatoms. The van der Waals surface area contributed by atoms with Crippen molar-refractivity contribution in [1.29, 1.82) is 0 Å². The van der Waals surface area contributed by atoms with Crippen molar-refractivity contribution < 1.29 is 0 Å². The lowest BCUT2D eigenvalue weighted by atomic mass is 9.91. The molecule has 1 aromatic carbocycles. The van der Waals surface area contributed by atoms with E-state index in [0.717, 1.165) is 34.1 Å². The number of nitrogens with zero attached hydrogens (tertiary/aromatic N) is 1. The molecule has 0 spiro atoms. The average molecular weight is 360 g/mol. The highest BCUT2D eigenvalue weighted by Crippen LogP contribution is 2.32. The molecule has 2 rings (SSSR count). The standard InChI is InChI=1S/C16H24BrClN2/c1-2-3-12-6-8-20(9-7-12)16(11-19)14-5-4-13(17)10-15(14)18/h4-5,10,12,16H,2-3,6-9,11,19H2,1H3. The summed E-state index contributed by atoms with van der Waals surface area (Å²) >= 11 is 9.85. The molecule has 1 aliphatic heterocycles. The first-order valence-corrected chi connectivity index (χ1v) is 8.71. The van der Waals surface area contributed by atoms with Gasteiger partial charge in [0, 0.05) is 22.1 Å². The van der Waals surface area contributed by atoms with Gasteiger partial charge >= 0.3 is 0 Å². The van der Waals surface area contributed by atoms with Gasteiger partial charge in [0.15, 0.2) is 0 Å². The molecule has 0 bridgehead atoms. The van der Waals surface area contributed by atoms with Crippen molar-refractivity contribution in [2.45, 2.75) is 38.6 Å². The van der Waals surface area contributed by atoms with Crippen LogP contribution in [-0.4, -0.2) is 24.5 Å². The van der Waals surface area contributed by atoms with E-state index in [1.807, 2.05) is 12.1 Å². The van der Waals surface area contributed by atoms with Crippen LogP contribution < -0.4 is 5.73 Å². The fraction of sp³-hybridized carbons (Fsp3) is 0.625. The molecule has 1 unspecified atom stereocenters. The van der Waals surface area contributed by atoms with Crippen molar-refractivity contribution in [3.05, 3.63) is 33.3 Å². The fourth-order valence-corrected chi connectivity index (χ4v) is 4.01. The van der Waals surface area contributed by atoms with Gasteiger partial charge in [-0.2, -0.15) is 0 Å². The van der Waals surface area contributed by atoms with Gasteiger partial charge in [0.2, 0.25) is 0 Å². The van der Waals surface area contributed by atoms with E-state index in [-0.39, 0.29) is 6.04 Å². The van der Waals surface area contributed by atoms with Gasteiger partial charge in [-0.3, -0.25) is 4.90 Å². The van der Waals surface area contributed by atoms with Crippen molar-refractivity contribution in [3.63, 3.8) is 0 Å². The topological polar surface area (TPSA) is 29.3 Å². The zero-order chi connectivity index (χ0) is 14.5. The lowest BCUT2D eigenvalue weighted by molar-refractivity contribution is 0.132. The number of hydrogen-bond acceptors (Lipinski definition) is 2. The van der Waals surface area contributed by atoms with Gasteiger partial charge in [0.25, 0.3) is 0 Å². The second-order valence-electron chi connectivity index (χ2n) is 5.69. The van der Waals surface area contributed by atoms with Gasteiger partial charge in [-0.15, -0.1) is 0 Å². The summed E-state index contributed by atoms with van der Waals surface area (Å²) in [5.74, 6) is 0.898. The van der Waals surface area contributed by atoms with Crippen LogP contribution in [0.4, 0.5) is 0 Å². The van der Waals surface area contributed by atoms with E-state index in [1.165, 1.54) is 25.7 Å². The summed E-state index contributed by atoms with van der Waals surface area (Å²) in [6.45, 7) is 5.17. The minimum Gasteiger partial charge on any atom is -0.329 e. The highest BCUT2D eigenvalue weighted by atomic mass is 79.9. The zero-order valence-corrected chi connectivity index (χ0v) is 14.5. The third-order valence-corrected chi connectivity index (χ3v) is 5.15. The SMILES string of the molecule is CCCC1CCN(C(CN)c2ccc(Br)cc2Cl)CC1. The van der Waals surface area contributed by atoms with Crippen LogP contribution in [-0.2, 0) is 0 Å². The molecule has 20 heavy (non-hydrogen) atoms. The molecule has 2 nitrogen and oxygen atoms in total. The van der Waals surface area contributed by atoms with E-state index in [1.54, 1.807) is 0 Å². The predicted octanol–water partition coefficient (Wildman–Crippen LogP) is 4.61. The number of nitrogens with two attached hydrogens (primary N) is 1. The molecule has 1 saturated heterocycles. The molecule has 0 saturated carbocycles. The molecule has 1 heterocycles. The Labute approximate surface area is 135 Å². The van der Waals surface area contributed by atoms with Crippen molar-refractivity contribution in [2.24, 2.45) is 11.7 Å². The summed E-state index contributed by atoms with van der Waals surface area (Å²) in [5.41, 5.74) is 7.18. The summed E-state index contributed by atoms with van der Waals surface area (Å²) in [5, 5.41) is 0.811. The minimum atomic E-state index is 0.248. The Kier molecular flexibility index (Phi) is 6.34. The quantitative estimate of drug-likeness (QED) is 0.831. The maximum atomic E-state index is 6.39. The summed E-state index contributed by atoms with van der Waals surface area (Å²) in [7, 11) is 0. The van der Waals surface area contributed by atoms with Crippen LogP contribution in [0.1, 0.15) is 44.2 Å². The smallest absolute Gasteiger partial charge is 0.0485 e. The van der Waals surface area contributed by atoms with Crippen LogP contribution in [0.5, 0.6) is 0 Å². The Morgan fingerprint density at radius 3 is 2.65 bits per heavy atom. The van der Waals surface area contributed by atoms with E-state index in [2.05, 4.69) is 33.8 Å². The van der Waals surface area contributed by atoms with Crippen molar-refractivity contribution in [3.8, 4) is 0 Å². The maximum Gasteiger partial charge on any atom is 0.0485 e. The summed E-state index contributed by atoms with van der Waals surface area (Å²) in [6, 6.07) is 6.36. The highest BCUT2D eigenvalue weighted by molar-refractivity contribution is 9.10. The van der Waals surface area contributed by atoms with Crippen molar-refractivity contribution in [2.75, 3.05) is 19.6 Å². The number of piperidine rings is 1. The minimum absolute atomic E-state index is 0.248. The average Bonchev–Trinajstić information content (AvgIpc) is 2.44. The Hall–Kier alpha value is -0.0900. The van der Waals surface area contributed by atoms with Gasteiger partial charge in [0.1, 0.15) is 0 Å². The second-order valence-corrected chi connectivity index (χ2v) is 7.01. The highest BCUT2D eigenvalue weighted by Gasteiger charge is 2.26. The summed E-state index contributed by atoms with van der Waals surface area (Å²) in [6.07, 6.45) is 5.24. The summed E-state index contributed by atoms with van der Waals surface area (Å²) in [4.78, 5) is 2.50. The molecule has 0 amide bonds. The molecular weight excluding hydrogens is 336 g/mol. The Morgan fingerprint density at radius 2 is 2.10 bits per heavy atom. The third-order valence-electron chi connectivity index (χ3n) is 4.33. The van der Waals surface area contributed by atoms with Gasteiger partial charge < -0.3 is 5.73 Å². The van der Waals surface area contributed by atoms with Crippen LogP contribution in [0.15, 0.2) is 22.7 Å². The third kappa shape index (κ3) is 3.97. The Balaban J connectivity index is 2.05. The van der Waals surface area contributed by atoms with Gasteiger partial charge in [-0.25, -0.2) is 0 Å². The molecule has 112 valence electrons. The van der Waals surface area contributed by atoms with Crippen LogP contribution in [0.2, 0.25) is 5.02 Å². The first kappa shape index (κ1) is 16.3. The molecular formula is C16H24BrClN2. The lowest BCUT2D eigenvalue weighted by Gasteiger charge is -2.37. The molecule has 1 aromatic rings. The molecule has 0 aliphatic carbocycles. The molecule has 2 N–H and O–H groups in total. The van der Waals surface area contributed by atoms with E-state index in [9.17, 15) is 0 Å². The second kappa shape index (κ2) is 7.79. The Morgan fingerprint density at radius 1 is 1.40 bits per heavy atom. The number of hydrogen-bond donors (Lipinski definition) is 1. The van der Waals surface area contributed by atoms with Crippen molar-refractivity contribution >= 4 is 27.5 Å². The molecule has 1 fully saturated rings. The van der Waals surface area contributed by atoms with Gasteiger partial charge in [-0.1, -0.05) is 53.4 Å². The van der Waals surface area contributed by atoms with E-state index < -0.39 is 0 Å².